The highest BCUT2D eigenvalue weighted by atomic mass is 32.2. The van der Waals surface area contributed by atoms with Crippen LogP contribution in [0.25, 0.3) is 0 Å². The van der Waals surface area contributed by atoms with Gasteiger partial charge in [0.05, 0.1) is 4.90 Å². The van der Waals surface area contributed by atoms with E-state index >= 15 is 0 Å². The average Bonchev–Trinajstić information content (AvgIpc) is 3.25. The van der Waals surface area contributed by atoms with Gasteiger partial charge in [0.15, 0.2) is 0 Å². The molecule has 29 heavy (non-hydrogen) atoms. The van der Waals surface area contributed by atoms with E-state index in [9.17, 15) is 13.2 Å². The zero-order chi connectivity index (χ0) is 20.7. The van der Waals surface area contributed by atoms with Crippen molar-refractivity contribution in [2.24, 2.45) is 0 Å². The summed E-state index contributed by atoms with van der Waals surface area (Å²) in [6.07, 6.45) is 5.24. The number of hydrogen-bond acceptors (Lipinski definition) is 5. The van der Waals surface area contributed by atoms with Gasteiger partial charge in [0.25, 0.3) is 0 Å². The van der Waals surface area contributed by atoms with E-state index in [1.54, 1.807) is 24.3 Å². The number of piperazine rings is 1. The number of likely N-dealkylation sites (N-methyl/N-ethyl adjacent to an activating group) is 1. The number of benzene rings is 1. The van der Waals surface area contributed by atoms with Gasteiger partial charge in [-0.25, -0.2) is 13.2 Å². The van der Waals surface area contributed by atoms with E-state index in [4.69, 9.17) is 0 Å². The molecule has 9 heteroatoms. The first-order chi connectivity index (χ1) is 14.0. The lowest BCUT2D eigenvalue weighted by molar-refractivity contribution is 0.196. The maximum absolute atomic E-state index is 12.8. The summed E-state index contributed by atoms with van der Waals surface area (Å²) in [5.41, 5.74) is 0.584. The maximum Gasteiger partial charge on any atom is 0.319 e. The first-order valence-corrected chi connectivity index (χ1v) is 13.0. The third-order valence-corrected chi connectivity index (χ3v) is 8.87. The van der Waals surface area contributed by atoms with Crippen LogP contribution in [0, 0.1) is 0 Å². The monoisotopic (exact) mass is 440 g/mol. The van der Waals surface area contributed by atoms with Crippen LogP contribution in [0.4, 0.5) is 10.5 Å². The Labute approximate surface area is 178 Å². The molecule has 1 heterocycles. The molecule has 2 aliphatic rings. The topological polar surface area (TPSA) is 81.8 Å². The van der Waals surface area contributed by atoms with Gasteiger partial charge >= 0.3 is 6.03 Å². The van der Waals surface area contributed by atoms with Crippen molar-refractivity contribution in [3.63, 3.8) is 0 Å². The summed E-state index contributed by atoms with van der Waals surface area (Å²) in [6.45, 7) is 6.19. The van der Waals surface area contributed by atoms with Crippen molar-refractivity contribution in [3.05, 3.63) is 24.3 Å². The van der Waals surface area contributed by atoms with E-state index in [-0.39, 0.29) is 10.9 Å². The molecule has 3 rings (SSSR count). The van der Waals surface area contributed by atoms with Gasteiger partial charge in [-0.2, -0.15) is 16.1 Å². The van der Waals surface area contributed by atoms with Crippen LogP contribution in [0.15, 0.2) is 29.2 Å². The molecular formula is C20H32N4O3S2. The Kier molecular flexibility index (Phi) is 8.23. The second kappa shape index (κ2) is 10.7. The van der Waals surface area contributed by atoms with Crippen LogP contribution in [0.5, 0.6) is 0 Å². The lowest BCUT2D eigenvalue weighted by atomic mass is 10.3. The van der Waals surface area contributed by atoms with Crippen LogP contribution in [0.2, 0.25) is 0 Å². The average molecular weight is 441 g/mol. The number of carbonyl (C=O) groups is 1. The van der Waals surface area contributed by atoms with Crippen LogP contribution in [0.3, 0.4) is 0 Å². The number of carbonyl (C=O) groups excluding carboxylic acids is 1. The van der Waals surface area contributed by atoms with Crippen LogP contribution in [0.1, 0.15) is 32.6 Å². The number of amides is 2. The van der Waals surface area contributed by atoms with Gasteiger partial charge in [-0.1, -0.05) is 19.8 Å². The summed E-state index contributed by atoms with van der Waals surface area (Å²) in [6, 6.07) is 6.15. The van der Waals surface area contributed by atoms with Crippen molar-refractivity contribution in [1.29, 1.82) is 0 Å². The molecule has 1 saturated heterocycles. The number of anilines is 1. The number of nitrogens with zero attached hydrogens (tertiary/aromatic N) is 2. The highest BCUT2D eigenvalue weighted by molar-refractivity contribution is 7.99. The maximum atomic E-state index is 12.8. The number of thioether (sulfide) groups is 1. The first kappa shape index (κ1) is 22.4. The molecule has 1 aliphatic heterocycles. The van der Waals surface area contributed by atoms with E-state index in [0.717, 1.165) is 30.6 Å². The van der Waals surface area contributed by atoms with Crippen LogP contribution >= 0.6 is 11.8 Å². The summed E-state index contributed by atoms with van der Waals surface area (Å²) >= 11 is 1.94. The Bertz CT molecular complexity index is 756. The molecule has 0 bridgehead atoms. The minimum Gasteiger partial charge on any atom is -0.337 e. The molecule has 0 aromatic heterocycles. The van der Waals surface area contributed by atoms with Crippen molar-refractivity contribution >= 4 is 33.5 Å². The molecule has 2 amide bonds. The number of urea groups is 1. The van der Waals surface area contributed by atoms with E-state index in [0.29, 0.717) is 25.3 Å². The van der Waals surface area contributed by atoms with E-state index < -0.39 is 10.0 Å². The number of hydrogen-bond donors (Lipinski definition) is 2. The molecule has 162 valence electrons. The SMILES string of the molecule is CCN1CCN(S(=O)(=O)c2ccc(NC(=O)NCCSC3CCCC3)cc2)CC1. The third kappa shape index (κ3) is 6.34. The van der Waals surface area contributed by atoms with Crippen LogP contribution < -0.4 is 10.6 Å². The van der Waals surface area contributed by atoms with Crippen molar-refractivity contribution in [2.75, 3.05) is 50.3 Å². The summed E-state index contributed by atoms with van der Waals surface area (Å²) in [5.74, 6) is 0.917. The van der Waals surface area contributed by atoms with Gasteiger partial charge in [0.1, 0.15) is 0 Å². The molecule has 1 aromatic carbocycles. The Balaban J connectivity index is 1.44. The second-order valence-corrected chi connectivity index (χ2v) is 10.9. The fourth-order valence-corrected chi connectivity index (χ4v) is 6.41. The molecule has 1 aliphatic carbocycles. The standard InChI is InChI=1S/C20H32N4O3S2/c1-2-23-12-14-24(15-13-23)29(26,27)19-9-7-17(8-10-19)22-20(25)21-11-16-28-18-5-3-4-6-18/h7-10,18H,2-6,11-16H2,1H3,(H2,21,22,25). The summed E-state index contributed by atoms with van der Waals surface area (Å²) in [4.78, 5) is 14.5. The number of rotatable bonds is 8. The molecule has 1 saturated carbocycles. The molecule has 0 unspecified atom stereocenters. The number of nitrogens with one attached hydrogen (secondary N) is 2. The molecular weight excluding hydrogens is 408 g/mol. The minimum absolute atomic E-state index is 0.261. The molecule has 1 aromatic rings. The van der Waals surface area contributed by atoms with Gasteiger partial charge in [0.2, 0.25) is 10.0 Å². The quantitative estimate of drug-likeness (QED) is 0.608. The van der Waals surface area contributed by atoms with Crippen molar-refractivity contribution in [1.82, 2.24) is 14.5 Å². The largest absolute Gasteiger partial charge is 0.337 e. The molecule has 7 nitrogen and oxygen atoms in total. The van der Waals surface area contributed by atoms with E-state index in [1.165, 1.54) is 30.0 Å². The van der Waals surface area contributed by atoms with Gasteiger partial charge in [-0.15, -0.1) is 0 Å². The Morgan fingerprint density at radius 2 is 1.76 bits per heavy atom. The zero-order valence-electron chi connectivity index (χ0n) is 17.1. The summed E-state index contributed by atoms with van der Waals surface area (Å²) < 4.78 is 27.1. The smallest absolute Gasteiger partial charge is 0.319 e. The zero-order valence-corrected chi connectivity index (χ0v) is 18.7. The van der Waals surface area contributed by atoms with Crippen LogP contribution in [-0.2, 0) is 10.0 Å². The van der Waals surface area contributed by atoms with Crippen molar-refractivity contribution in [2.45, 2.75) is 42.8 Å². The predicted molar refractivity (Wildman–Crippen MR) is 119 cm³/mol. The fourth-order valence-electron chi connectivity index (χ4n) is 3.77. The molecule has 0 atom stereocenters. The Morgan fingerprint density at radius 1 is 1.10 bits per heavy atom. The van der Waals surface area contributed by atoms with Gasteiger partial charge < -0.3 is 15.5 Å². The second-order valence-electron chi connectivity index (χ2n) is 7.52. The van der Waals surface area contributed by atoms with E-state index in [2.05, 4.69) is 22.5 Å². The van der Waals surface area contributed by atoms with Crippen LogP contribution in [-0.4, -0.2) is 73.9 Å². The predicted octanol–water partition coefficient (Wildman–Crippen LogP) is 2.81. The van der Waals surface area contributed by atoms with E-state index in [1.807, 2.05) is 11.8 Å². The molecule has 2 fully saturated rings. The third-order valence-electron chi connectivity index (χ3n) is 5.57. The Morgan fingerprint density at radius 3 is 2.38 bits per heavy atom. The van der Waals surface area contributed by atoms with Gasteiger partial charge in [-0.3, -0.25) is 0 Å². The molecule has 2 N–H and O–H groups in total. The molecule has 0 spiro atoms. The summed E-state index contributed by atoms with van der Waals surface area (Å²) in [5, 5.41) is 6.38. The summed E-state index contributed by atoms with van der Waals surface area (Å²) in [7, 11) is -3.49. The lowest BCUT2D eigenvalue weighted by Gasteiger charge is -2.33. The number of sulfonamides is 1. The Hall–Kier alpha value is -1.29. The highest BCUT2D eigenvalue weighted by Crippen LogP contribution is 2.28. The molecule has 0 radical (unpaired) electrons. The minimum atomic E-state index is -3.49. The fraction of sp³-hybridized carbons (Fsp3) is 0.650. The normalized spacial score (nSPS) is 19.3. The highest BCUT2D eigenvalue weighted by Gasteiger charge is 2.27. The van der Waals surface area contributed by atoms with Gasteiger partial charge in [-0.05, 0) is 43.7 Å². The van der Waals surface area contributed by atoms with Crippen molar-refractivity contribution < 1.29 is 13.2 Å². The lowest BCUT2D eigenvalue weighted by Crippen LogP contribution is -2.48. The first-order valence-electron chi connectivity index (χ1n) is 10.5. The van der Waals surface area contributed by atoms with Gasteiger partial charge in [0, 0.05) is 49.4 Å². The van der Waals surface area contributed by atoms with Crippen molar-refractivity contribution in [3.8, 4) is 0 Å².